The van der Waals surface area contributed by atoms with E-state index in [4.69, 9.17) is 5.73 Å². The fourth-order valence-electron chi connectivity index (χ4n) is 3.30. The average molecular weight is 398 g/mol. The van der Waals surface area contributed by atoms with Crippen LogP contribution >= 0.6 is 7.92 Å². The van der Waals surface area contributed by atoms with Gasteiger partial charge in [-0.1, -0.05) is 78.9 Å². The number of non-ortho nitro benzene ring substituents is 1. The monoisotopic (exact) mass is 398 g/mol. The summed E-state index contributed by atoms with van der Waals surface area (Å²) in [6.45, 7) is 0. The van der Waals surface area contributed by atoms with Gasteiger partial charge in [0, 0.05) is 23.1 Å². The maximum Gasteiger partial charge on any atom is 0.270 e. The van der Waals surface area contributed by atoms with E-state index < -0.39 is 7.92 Å². The Balaban J connectivity index is 1.87. The van der Waals surface area contributed by atoms with Crippen molar-refractivity contribution in [2.45, 2.75) is 0 Å². The molecule has 0 aliphatic heterocycles. The molecule has 2 N–H and O–H groups in total. The van der Waals surface area contributed by atoms with E-state index in [2.05, 4.69) is 30.3 Å². The molecule has 0 aliphatic rings. The SMILES string of the molecule is Nc1ccc(-c2cccc([N+](=O)[O-])c2)cc1P(c1ccccc1)c1ccccc1. The van der Waals surface area contributed by atoms with Gasteiger partial charge in [-0.25, -0.2) is 0 Å². The van der Waals surface area contributed by atoms with E-state index in [1.807, 2.05) is 54.6 Å². The molecule has 0 spiro atoms. The van der Waals surface area contributed by atoms with E-state index in [0.29, 0.717) is 0 Å². The molecule has 0 unspecified atom stereocenters. The molecule has 0 aromatic heterocycles. The summed E-state index contributed by atoms with van der Waals surface area (Å²) in [5.41, 5.74) is 8.94. The molecular formula is C24H19N2O2P. The molecule has 0 heterocycles. The van der Waals surface area contributed by atoms with Crippen LogP contribution in [0.25, 0.3) is 11.1 Å². The van der Waals surface area contributed by atoms with Crippen LogP contribution < -0.4 is 21.6 Å². The highest BCUT2D eigenvalue weighted by Gasteiger charge is 2.19. The summed E-state index contributed by atoms with van der Waals surface area (Å²) < 4.78 is 0. The van der Waals surface area contributed by atoms with Crippen molar-refractivity contribution >= 4 is 35.2 Å². The quantitative estimate of drug-likeness (QED) is 0.231. The Morgan fingerprint density at radius 3 is 1.86 bits per heavy atom. The summed E-state index contributed by atoms with van der Waals surface area (Å²) in [5, 5.41) is 14.6. The second kappa shape index (κ2) is 8.26. The highest BCUT2D eigenvalue weighted by Crippen LogP contribution is 2.36. The van der Waals surface area contributed by atoms with Gasteiger partial charge in [-0.2, -0.15) is 0 Å². The average Bonchev–Trinajstić information content (AvgIpc) is 2.77. The van der Waals surface area contributed by atoms with Crippen LogP contribution in [0.3, 0.4) is 0 Å². The number of rotatable bonds is 5. The number of nitro groups is 1. The van der Waals surface area contributed by atoms with Crippen molar-refractivity contribution in [3.05, 3.63) is 113 Å². The smallest absolute Gasteiger partial charge is 0.270 e. The lowest BCUT2D eigenvalue weighted by atomic mass is 10.0. The second-order valence-electron chi connectivity index (χ2n) is 6.59. The molecule has 0 amide bonds. The van der Waals surface area contributed by atoms with E-state index in [9.17, 15) is 10.1 Å². The molecule has 29 heavy (non-hydrogen) atoms. The zero-order chi connectivity index (χ0) is 20.2. The topological polar surface area (TPSA) is 69.2 Å². The zero-order valence-electron chi connectivity index (χ0n) is 15.6. The minimum atomic E-state index is -0.852. The van der Waals surface area contributed by atoms with Gasteiger partial charge in [0.15, 0.2) is 0 Å². The Kier molecular flexibility index (Phi) is 5.37. The molecule has 0 saturated heterocycles. The van der Waals surface area contributed by atoms with Crippen LogP contribution in [0.2, 0.25) is 0 Å². The molecule has 4 aromatic rings. The molecule has 4 nitrogen and oxygen atoms in total. The number of benzene rings is 4. The van der Waals surface area contributed by atoms with E-state index in [-0.39, 0.29) is 10.6 Å². The molecule has 4 rings (SSSR count). The summed E-state index contributed by atoms with van der Waals surface area (Å²) in [5.74, 6) is 0. The Bertz CT molecular complexity index is 1110. The molecule has 0 atom stereocenters. The Morgan fingerprint density at radius 1 is 0.690 bits per heavy atom. The van der Waals surface area contributed by atoms with Crippen molar-refractivity contribution in [3.63, 3.8) is 0 Å². The van der Waals surface area contributed by atoms with Gasteiger partial charge in [0.1, 0.15) is 0 Å². The largest absolute Gasteiger partial charge is 0.398 e. The van der Waals surface area contributed by atoms with Crippen LogP contribution in [0, 0.1) is 10.1 Å². The maximum absolute atomic E-state index is 11.2. The Hall–Kier alpha value is -3.49. The van der Waals surface area contributed by atoms with Crippen LogP contribution in [-0.4, -0.2) is 4.92 Å². The van der Waals surface area contributed by atoms with Gasteiger partial charge in [0.25, 0.3) is 5.69 Å². The summed E-state index contributed by atoms with van der Waals surface area (Å²) in [6.07, 6.45) is 0. The number of anilines is 1. The molecule has 0 bridgehead atoms. The Morgan fingerprint density at radius 2 is 1.28 bits per heavy atom. The van der Waals surface area contributed by atoms with Gasteiger partial charge in [-0.3, -0.25) is 10.1 Å². The van der Waals surface area contributed by atoms with Crippen LogP contribution in [0.5, 0.6) is 0 Å². The number of hydrogen-bond donors (Lipinski definition) is 1. The van der Waals surface area contributed by atoms with E-state index >= 15 is 0 Å². The predicted molar refractivity (Wildman–Crippen MR) is 122 cm³/mol. The van der Waals surface area contributed by atoms with Gasteiger partial charge in [0.05, 0.1) is 4.92 Å². The van der Waals surface area contributed by atoms with Crippen molar-refractivity contribution in [1.82, 2.24) is 0 Å². The third kappa shape index (κ3) is 4.03. The highest BCUT2D eigenvalue weighted by molar-refractivity contribution is 7.80. The van der Waals surface area contributed by atoms with Crippen LogP contribution in [0.1, 0.15) is 0 Å². The fraction of sp³-hybridized carbons (Fsp3) is 0. The van der Waals surface area contributed by atoms with E-state index in [1.54, 1.807) is 12.1 Å². The predicted octanol–water partition coefficient (Wildman–Crippen LogP) is 4.60. The van der Waals surface area contributed by atoms with Crippen molar-refractivity contribution in [2.24, 2.45) is 0 Å². The highest BCUT2D eigenvalue weighted by atomic mass is 31.1. The fourth-order valence-corrected chi connectivity index (χ4v) is 5.69. The molecule has 0 aliphatic carbocycles. The van der Waals surface area contributed by atoms with Gasteiger partial charge in [-0.05, 0) is 41.8 Å². The Labute approximate surface area is 170 Å². The first-order valence-electron chi connectivity index (χ1n) is 9.18. The van der Waals surface area contributed by atoms with Crippen molar-refractivity contribution in [1.29, 1.82) is 0 Å². The lowest BCUT2D eigenvalue weighted by molar-refractivity contribution is -0.384. The molecule has 0 radical (unpaired) electrons. The number of nitrogens with zero attached hydrogens (tertiary/aromatic N) is 1. The molecule has 5 heteroatoms. The van der Waals surface area contributed by atoms with Crippen LogP contribution in [0.4, 0.5) is 11.4 Å². The normalized spacial score (nSPS) is 10.8. The minimum absolute atomic E-state index is 0.0780. The van der Waals surface area contributed by atoms with Crippen molar-refractivity contribution < 1.29 is 4.92 Å². The number of nitrogen functional groups attached to an aromatic ring is 1. The van der Waals surface area contributed by atoms with Gasteiger partial charge >= 0.3 is 0 Å². The van der Waals surface area contributed by atoms with Gasteiger partial charge in [0.2, 0.25) is 0 Å². The van der Waals surface area contributed by atoms with Gasteiger partial charge in [-0.15, -0.1) is 0 Å². The lowest BCUT2D eigenvalue weighted by Crippen LogP contribution is -2.23. The third-order valence-corrected chi connectivity index (χ3v) is 7.19. The summed E-state index contributed by atoms with van der Waals surface area (Å²) in [7, 11) is -0.852. The first-order chi connectivity index (χ1) is 14.1. The summed E-state index contributed by atoms with van der Waals surface area (Å²) in [6, 6.07) is 33.2. The standard InChI is InChI=1S/C24H19N2O2P/c25-23-15-14-19(18-8-7-9-20(16-18)26(27)28)17-24(23)29(21-10-3-1-4-11-21)22-12-5-2-6-13-22/h1-17H,25H2. The van der Waals surface area contributed by atoms with E-state index in [1.165, 1.54) is 16.7 Å². The van der Waals surface area contributed by atoms with E-state index in [0.717, 1.165) is 22.1 Å². The summed E-state index contributed by atoms with van der Waals surface area (Å²) in [4.78, 5) is 10.8. The molecule has 0 fully saturated rings. The summed E-state index contributed by atoms with van der Waals surface area (Å²) >= 11 is 0. The lowest BCUT2D eigenvalue weighted by Gasteiger charge is -2.21. The first-order valence-corrected chi connectivity index (χ1v) is 10.5. The molecule has 142 valence electrons. The third-order valence-electron chi connectivity index (χ3n) is 4.69. The van der Waals surface area contributed by atoms with Crippen LogP contribution in [-0.2, 0) is 0 Å². The molecular weight excluding hydrogens is 379 g/mol. The molecule has 4 aromatic carbocycles. The first kappa shape index (κ1) is 18.9. The maximum atomic E-state index is 11.2. The van der Waals surface area contributed by atoms with Crippen molar-refractivity contribution in [2.75, 3.05) is 5.73 Å². The number of hydrogen-bond acceptors (Lipinski definition) is 3. The second-order valence-corrected chi connectivity index (χ2v) is 8.77. The number of nitro benzene ring substituents is 1. The van der Waals surface area contributed by atoms with Crippen molar-refractivity contribution in [3.8, 4) is 11.1 Å². The zero-order valence-corrected chi connectivity index (χ0v) is 16.5. The van der Waals surface area contributed by atoms with Crippen LogP contribution in [0.15, 0.2) is 103 Å². The minimum Gasteiger partial charge on any atom is -0.398 e. The molecule has 0 saturated carbocycles. The number of nitrogens with two attached hydrogens (primary N) is 1. The van der Waals surface area contributed by atoms with Gasteiger partial charge < -0.3 is 5.73 Å².